The van der Waals surface area contributed by atoms with Crippen LogP contribution in [-0.2, 0) is 11.8 Å². The fourth-order valence-electron chi connectivity index (χ4n) is 4.70. The van der Waals surface area contributed by atoms with Gasteiger partial charge in [0.2, 0.25) is 0 Å². The molecule has 0 aliphatic heterocycles. The lowest BCUT2D eigenvalue weighted by atomic mass is 9.73. The standard InChI is InChI=1S/C28H33FN4/c1-5-8-12-20-17-19(4)30-25(18-20)28(6-2,7-3)26(29)23-15-11-16-24(31-23)27-32-21-13-9-10-14-22(21)33-27/h9-11,13-18,26H,5-8,12H2,1-4H3,(H,32,33). The molecule has 1 unspecified atom stereocenters. The van der Waals surface area contributed by atoms with Crippen LogP contribution < -0.4 is 0 Å². The zero-order valence-corrected chi connectivity index (χ0v) is 20.0. The average molecular weight is 445 g/mol. The molecule has 5 heteroatoms. The Morgan fingerprint density at radius 3 is 2.45 bits per heavy atom. The zero-order chi connectivity index (χ0) is 23.4. The molecule has 3 heterocycles. The zero-order valence-electron chi connectivity index (χ0n) is 20.0. The smallest absolute Gasteiger partial charge is 0.157 e. The molecule has 0 radical (unpaired) electrons. The highest BCUT2D eigenvalue weighted by atomic mass is 19.1. The summed E-state index contributed by atoms with van der Waals surface area (Å²) in [5.74, 6) is 0.652. The van der Waals surface area contributed by atoms with Gasteiger partial charge in [-0.2, -0.15) is 0 Å². The second-order valence-corrected chi connectivity index (χ2v) is 8.88. The molecule has 4 rings (SSSR count). The lowest BCUT2D eigenvalue weighted by molar-refractivity contribution is 0.164. The van der Waals surface area contributed by atoms with Gasteiger partial charge in [0.15, 0.2) is 12.0 Å². The molecule has 0 aliphatic carbocycles. The molecule has 1 N–H and O–H groups in total. The molecular formula is C28H33FN4. The quantitative estimate of drug-likeness (QED) is 0.292. The Morgan fingerprint density at radius 2 is 1.73 bits per heavy atom. The van der Waals surface area contributed by atoms with E-state index >= 15 is 4.39 Å². The minimum absolute atomic E-state index is 0.426. The van der Waals surface area contributed by atoms with Crippen LogP contribution in [0.5, 0.6) is 0 Å². The fourth-order valence-corrected chi connectivity index (χ4v) is 4.70. The molecule has 3 aromatic heterocycles. The van der Waals surface area contributed by atoms with E-state index in [2.05, 4.69) is 42.9 Å². The van der Waals surface area contributed by atoms with E-state index in [-0.39, 0.29) is 0 Å². The van der Waals surface area contributed by atoms with Crippen molar-refractivity contribution in [3.8, 4) is 11.5 Å². The maximum Gasteiger partial charge on any atom is 0.157 e. The van der Waals surface area contributed by atoms with Gasteiger partial charge in [0, 0.05) is 11.1 Å². The van der Waals surface area contributed by atoms with Crippen molar-refractivity contribution in [2.75, 3.05) is 0 Å². The monoisotopic (exact) mass is 444 g/mol. The number of aryl methyl sites for hydroxylation is 2. The van der Waals surface area contributed by atoms with E-state index in [0.29, 0.717) is 30.1 Å². The molecule has 0 spiro atoms. The van der Waals surface area contributed by atoms with E-state index in [0.717, 1.165) is 41.7 Å². The van der Waals surface area contributed by atoms with Gasteiger partial charge in [0.25, 0.3) is 0 Å². The van der Waals surface area contributed by atoms with Gasteiger partial charge in [-0.25, -0.2) is 14.4 Å². The number of rotatable bonds is 9. The van der Waals surface area contributed by atoms with Crippen LogP contribution in [0.15, 0.2) is 54.6 Å². The second-order valence-electron chi connectivity index (χ2n) is 8.88. The van der Waals surface area contributed by atoms with Gasteiger partial charge in [-0.3, -0.25) is 4.98 Å². The summed E-state index contributed by atoms with van der Waals surface area (Å²) >= 11 is 0. The third kappa shape index (κ3) is 4.54. The van der Waals surface area contributed by atoms with Crippen LogP contribution in [-0.4, -0.2) is 19.9 Å². The van der Waals surface area contributed by atoms with Crippen molar-refractivity contribution < 1.29 is 4.39 Å². The van der Waals surface area contributed by atoms with Gasteiger partial charge in [-0.05, 0) is 74.6 Å². The minimum Gasteiger partial charge on any atom is -0.337 e. The number of nitrogens with zero attached hydrogens (tertiary/aromatic N) is 3. The third-order valence-electron chi connectivity index (χ3n) is 6.75. The number of aromatic nitrogens is 4. The Kier molecular flexibility index (Phi) is 6.87. The highest BCUT2D eigenvalue weighted by molar-refractivity contribution is 5.78. The number of halogens is 1. The summed E-state index contributed by atoms with van der Waals surface area (Å²) in [4.78, 5) is 17.5. The molecule has 0 bridgehead atoms. The van der Waals surface area contributed by atoms with E-state index in [1.807, 2.05) is 43.3 Å². The van der Waals surface area contributed by atoms with Crippen molar-refractivity contribution in [3.63, 3.8) is 0 Å². The van der Waals surface area contributed by atoms with E-state index in [4.69, 9.17) is 9.97 Å². The highest BCUT2D eigenvalue weighted by Gasteiger charge is 2.41. The topological polar surface area (TPSA) is 54.5 Å². The first-order valence-electron chi connectivity index (χ1n) is 12.0. The first kappa shape index (κ1) is 23.1. The molecule has 172 valence electrons. The van der Waals surface area contributed by atoms with Gasteiger partial charge in [0.1, 0.15) is 5.69 Å². The summed E-state index contributed by atoms with van der Waals surface area (Å²) in [5, 5.41) is 0. The van der Waals surface area contributed by atoms with E-state index < -0.39 is 11.6 Å². The molecule has 4 aromatic rings. The Hall–Kier alpha value is -3.08. The first-order valence-corrected chi connectivity index (χ1v) is 12.0. The Morgan fingerprint density at radius 1 is 0.939 bits per heavy atom. The number of unbranched alkanes of at least 4 members (excludes halogenated alkanes) is 1. The van der Waals surface area contributed by atoms with Crippen molar-refractivity contribution in [1.29, 1.82) is 0 Å². The van der Waals surface area contributed by atoms with Crippen LogP contribution in [0.4, 0.5) is 4.39 Å². The number of H-pyrrole nitrogens is 1. The fraction of sp³-hybridized carbons (Fsp3) is 0.393. The van der Waals surface area contributed by atoms with Gasteiger partial charge >= 0.3 is 0 Å². The molecule has 0 fully saturated rings. The first-order chi connectivity index (χ1) is 16.0. The second kappa shape index (κ2) is 9.82. The van der Waals surface area contributed by atoms with Gasteiger partial charge in [-0.15, -0.1) is 0 Å². The van der Waals surface area contributed by atoms with Crippen LogP contribution in [0.1, 0.15) is 75.3 Å². The van der Waals surface area contributed by atoms with Crippen molar-refractivity contribution >= 4 is 11.0 Å². The lowest BCUT2D eigenvalue weighted by Crippen LogP contribution is -2.32. The number of para-hydroxylation sites is 2. The number of aromatic amines is 1. The maximum absolute atomic E-state index is 16.4. The number of hydrogen-bond acceptors (Lipinski definition) is 3. The predicted octanol–water partition coefficient (Wildman–Crippen LogP) is 7.44. The summed E-state index contributed by atoms with van der Waals surface area (Å²) in [5.41, 5.74) is 5.17. The Bertz CT molecular complexity index is 1190. The number of nitrogens with one attached hydrogen (secondary N) is 1. The molecule has 1 aromatic carbocycles. The van der Waals surface area contributed by atoms with E-state index in [9.17, 15) is 0 Å². The summed E-state index contributed by atoms with van der Waals surface area (Å²) in [6.07, 6.45) is 3.26. The Labute approximate surface area is 195 Å². The highest BCUT2D eigenvalue weighted by Crippen LogP contribution is 2.45. The summed E-state index contributed by atoms with van der Waals surface area (Å²) < 4.78 is 16.4. The van der Waals surface area contributed by atoms with Crippen LogP contribution in [0.2, 0.25) is 0 Å². The average Bonchev–Trinajstić information content (AvgIpc) is 3.28. The minimum atomic E-state index is -1.27. The van der Waals surface area contributed by atoms with Crippen molar-refractivity contribution in [2.45, 2.75) is 71.4 Å². The molecule has 0 saturated carbocycles. The van der Waals surface area contributed by atoms with E-state index in [1.54, 1.807) is 6.07 Å². The molecule has 1 atom stereocenters. The molecule has 0 amide bonds. The molecule has 0 aliphatic rings. The van der Waals surface area contributed by atoms with Crippen molar-refractivity contribution in [1.82, 2.24) is 19.9 Å². The predicted molar refractivity (Wildman–Crippen MR) is 133 cm³/mol. The molecule has 33 heavy (non-hydrogen) atoms. The van der Waals surface area contributed by atoms with Gasteiger partial charge in [0.05, 0.1) is 22.4 Å². The molecular weight excluding hydrogens is 411 g/mol. The number of imidazole rings is 1. The van der Waals surface area contributed by atoms with Crippen molar-refractivity contribution in [2.24, 2.45) is 0 Å². The third-order valence-corrected chi connectivity index (χ3v) is 6.75. The number of benzene rings is 1. The van der Waals surface area contributed by atoms with Gasteiger partial charge < -0.3 is 4.98 Å². The number of fused-ring (bicyclic) bond motifs is 1. The number of hydrogen-bond donors (Lipinski definition) is 1. The largest absolute Gasteiger partial charge is 0.337 e. The van der Waals surface area contributed by atoms with Crippen LogP contribution in [0.3, 0.4) is 0 Å². The SMILES string of the molecule is CCCCc1cc(C)nc(C(CC)(CC)C(F)c2cccc(-c3nc4ccccc4[nH]3)n2)c1. The molecule has 0 saturated heterocycles. The van der Waals surface area contributed by atoms with Gasteiger partial charge in [-0.1, -0.05) is 45.4 Å². The summed E-state index contributed by atoms with van der Waals surface area (Å²) in [6.45, 7) is 8.29. The lowest BCUT2D eigenvalue weighted by Gasteiger charge is -2.35. The summed E-state index contributed by atoms with van der Waals surface area (Å²) in [6, 6.07) is 17.6. The number of pyridine rings is 2. The van der Waals surface area contributed by atoms with Crippen LogP contribution >= 0.6 is 0 Å². The summed E-state index contributed by atoms with van der Waals surface area (Å²) in [7, 11) is 0. The number of alkyl halides is 1. The van der Waals surface area contributed by atoms with Crippen LogP contribution in [0.25, 0.3) is 22.6 Å². The molecule has 4 nitrogen and oxygen atoms in total. The maximum atomic E-state index is 16.4. The Balaban J connectivity index is 1.73. The normalized spacial score (nSPS) is 12.9. The van der Waals surface area contributed by atoms with Crippen molar-refractivity contribution in [3.05, 3.63) is 77.2 Å². The van der Waals surface area contributed by atoms with Crippen LogP contribution in [0, 0.1) is 6.92 Å². The van der Waals surface area contributed by atoms with E-state index in [1.165, 1.54) is 5.56 Å².